The summed E-state index contributed by atoms with van der Waals surface area (Å²) in [5.41, 5.74) is 1.86. The summed E-state index contributed by atoms with van der Waals surface area (Å²) in [7, 11) is 0. The van der Waals surface area contributed by atoms with E-state index in [9.17, 15) is 5.11 Å². The summed E-state index contributed by atoms with van der Waals surface area (Å²) in [4.78, 5) is 0. The Kier molecular flexibility index (Phi) is 10.8. The van der Waals surface area contributed by atoms with Gasteiger partial charge in [0.25, 0.3) is 0 Å². The molecular formula is C14H16BrMgO+. The van der Waals surface area contributed by atoms with Gasteiger partial charge in [-0.15, -0.1) is 17.0 Å². The quantitative estimate of drug-likeness (QED) is 0.666. The molecule has 0 amide bonds. The standard InChI is InChI=1S/C13H12O.CH3.BrH.Mg/c14-13(11-7-3-1-4-8-11)12-9-5-2-6-10-12;;;/h1-10,13-14H;1H3;1H;/q;-1;;+2. The zero-order valence-corrected chi connectivity index (χ0v) is 13.0. The fourth-order valence-corrected chi connectivity index (χ4v) is 1.46. The number of aliphatic hydroxyl groups is 1. The molecule has 0 saturated carbocycles. The number of hydrogen-bond donors (Lipinski definition) is 1. The van der Waals surface area contributed by atoms with Gasteiger partial charge in [-0.05, 0) is 11.1 Å². The van der Waals surface area contributed by atoms with E-state index < -0.39 is 6.10 Å². The van der Waals surface area contributed by atoms with Crippen molar-refractivity contribution in [2.75, 3.05) is 0 Å². The first-order chi connectivity index (χ1) is 6.88. The van der Waals surface area contributed by atoms with E-state index in [2.05, 4.69) is 0 Å². The molecular weight excluding hydrogens is 288 g/mol. The molecule has 0 aliphatic carbocycles. The van der Waals surface area contributed by atoms with Gasteiger partial charge in [-0.25, -0.2) is 0 Å². The van der Waals surface area contributed by atoms with Crippen LogP contribution in [-0.4, -0.2) is 28.2 Å². The number of rotatable bonds is 2. The van der Waals surface area contributed by atoms with E-state index in [1.807, 2.05) is 60.7 Å². The molecule has 2 rings (SSSR count). The topological polar surface area (TPSA) is 20.2 Å². The molecule has 86 valence electrons. The Morgan fingerprint density at radius 3 is 1.29 bits per heavy atom. The monoisotopic (exact) mass is 303 g/mol. The van der Waals surface area contributed by atoms with Gasteiger partial charge in [0.2, 0.25) is 0 Å². The van der Waals surface area contributed by atoms with Gasteiger partial charge in [-0.2, -0.15) is 0 Å². The Morgan fingerprint density at radius 1 is 0.706 bits per heavy atom. The predicted octanol–water partition coefficient (Wildman–Crippen LogP) is 3.42. The summed E-state index contributed by atoms with van der Waals surface area (Å²) >= 11 is 0. The van der Waals surface area contributed by atoms with Crippen LogP contribution in [0.2, 0.25) is 0 Å². The van der Waals surface area contributed by atoms with E-state index in [-0.39, 0.29) is 47.5 Å². The van der Waals surface area contributed by atoms with E-state index in [4.69, 9.17) is 0 Å². The van der Waals surface area contributed by atoms with Gasteiger partial charge >= 0.3 is 23.1 Å². The Morgan fingerprint density at radius 2 is 1.00 bits per heavy atom. The SMILES string of the molecule is Br.OC(c1ccccc1)c1ccccc1.[CH3-].[Mg+2]. The van der Waals surface area contributed by atoms with Crippen molar-refractivity contribution in [3.63, 3.8) is 0 Å². The molecule has 0 aromatic heterocycles. The summed E-state index contributed by atoms with van der Waals surface area (Å²) in [6.07, 6.45) is -0.516. The van der Waals surface area contributed by atoms with Crippen LogP contribution in [0.15, 0.2) is 60.7 Å². The fraction of sp³-hybridized carbons (Fsp3) is 0.0714. The molecule has 1 nitrogen and oxygen atoms in total. The van der Waals surface area contributed by atoms with Gasteiger partial charge in [0.15, 0.2) is 0 Å². The maximum Gasteiger partial charge on any atom is 2.00 e. The molecule has 0 fully saturated rings. The van der Waals surface area contributed by atoms with Crippen LogP contribution in [0.3, 0.4) is 0 Å². The first kappa shape index (κ1) is 19.0. The minimum absolute atomic E-state index is 0. The maximum atomic E-state index is 9.99. The Balaban J connectivity index is 0. The summed E-state index contributed by atoms with van der Waals surface area (Å²) < 4.78 is 0. The molecule has 0 radical (unpaired) electrons. The van der Waals surface area contributed by atoms with Crippen molar-refractivity contribution in [1.29, 1.82) is 0 Å². The van der Waals surface area contributed by atoms with Crippen molar-refractivity contribution in [2.24, 2.45) is 0 Å². The molecule has 0 atom stereocenters. The van der Waals surface area contributed by atoms with E-state index >= 15 is 0 Å². The van der Waals surface area contributed by atoms with Gasteiger partial charge in [0.05, 0.1) is 0 Å². The maximum absolute atomic E-state index is 9.99. The number of halogens is 1. The average Bonchev–Trinajstić information content (AvgIpc) is 2.30. The zero-order valence-electron chi connectivity index (χ0n) is 9.91. The summed E-state index contributed by atoms with van der Waals surface area (Å²) in [5.74, 6) is 0. The summed E-state index contributed by atoms with van der Waals surface area (Å²) in [5, 5.41) is 9.99. The molecule has 17 heavy (non-hydrogen) atoms. The molecule has 0 saturated heterocycles. The Labute approximate surface area is 130 Å². The largest absolute Gasteiger partial charge is 2.00 e. The average molecular weight is 304 g/mol. The first-order valence-electron chi connectivity index (χ1n) is 4.66. The van der Waals surface area contributed by atoms with Crippen molar-refractivity contribution in [2.45, 2.75) is 6.10 Å². The predicted molar refractivity (Wildman–Crippen MR) is 79.4 cm³/mol. The minimum atomic E-state index is -0.516. The van der Waals surface area contributed by atoms with E-state index in [0.717, 1.165) is 11.1 Å². The van der Waals surface area contributed by atoms with Crippen molar-refractivity contribution < 1.29 is 5.11 Å². The molecule has 0 unspecified atom stereocenters. The molecule has 3 heteroatoms. The molecule has 0 heterocycles. The van der Waals surface area contributed by atoms with Crippen LogP contribution in [0.25, 0.3) is 0 Å². The molecule has 0 spiro atoms. The van der Waals surface area contributed by atoms with Gasteiger partial charge in [0.1, 0.15) is 6.10 Å². The first-order valence-corrected chi connectivity index (χ1v) is 4.66. The van der Waals surface area contributed by atoms with Crippen LogP contribution >= 0.6 is 17.0 Å². The molecule has 2 aromatic carbocycles. The second-order valence-corrected chi connectivity index (χ2v) is 3.22. The van der Waals surface area contributed by atoms with Crippen LogP contribution in [-0.2, 0) is 0 Å². The zero-order chi connectivity index (χ0) is 9.80. The van der Waals surface area contributed by atoms with Crippen LogP contribution in [0.5, 0.6) is 0 Å². The smallest absolute Gasteiger partial charge is 0.384 e. The van der Waals surface area contributed by atoms with E-state index in [1.54, 1.807) is 0 Å². The fourth-order valence-electron chi connectivity index (χ4n) is 1.46. The second-order valence-electron chi connectivity index (χ2n) is 3.22. The molecule has 2 aromatic rings. The van der Waals surface area contributed by atoms with Gasteiger partial charge in [-0.3, -0.25) is 0 Å². The van der Waals surface area contributed by atoms with Gasteiger partial charge < -0.3 is 12.5 Å². The van der Waals surface area contributed by atoms with Crippen LogP contribution in [0, 0.1) is 7.43 Å². The third-order valence-electron chi connectivity index (χ3n) is 2.23. The van der Waals surface area contributed by atoms with Crippen LogP contribution < -0.4 is 0 Å². The molecule has 0 aliphatic rings. The third kappa shape index (κ3) is 5.21. The van der Waals surface area contributed by atoms with E-state index in [1.165, 1.54) is 0 Å². The summed E-state index contributed by atoms with van der Waals surface area (Å²) in [6.45, 7) is 0. The second kappa shape index (κ2) is 9.65. The van der Waals surface area contributed by atoms with Crippen molar-refractivity contribution in [1.82, 2.24) is 0 Å². The Hall–Kier alpha value is -0.354. The molecule has 0 bridgehead atoms. The molecule has 0 aliphatic heterocycles. The third-order valence-corrected chi connectivity index (χ3v) is 2.23. The van der Waals surface area contributed by atoms with Crippen LogP contribution in [0.1, 0.15) is 17.2 Å². The van der Waals surface area contributed by atoms with E-state index in [0.29, 0.717) is 0 Å². The van der Waals surface area contributed by atoms with Crippen LogP contribution in [0.4, 0.5) is 0 Å². The number of hydrogen-bond acceptors (Lipinski definition) is 1. The van der Waals surface area contributed by atoms with Gasteiger partial charge in [-0.1, -0.05) is 60.7 Å². The Bertz CT molecular complexity index is 352. The van der Waals surface area contributed by atoms with Crippen molar-refractivity contribution >= 4 is 40.0 Å². The van der Waals surface area contributed by atoms with Crippen molar-refractivity contribution in [3.05, 3.63) is 79.2 Å². The van der Waals surface area contributed by atoms with Gasteiger partial charge in [0, 0.05) is 0 Å². The normalized spacial score (nSPS) is 8.59. The molecule has 1 N–H and O–H groups in total. The minimum Gasteiger partial charge on any atom is -0.384 e. The number of benzene rings is 2. The van der Waals surface area contributed by atoms with Crippen molar-refractivity contribution in [3.8, 4) is 0 Å². The number of aliphatic hydroxyl groups excluding tert-OH is 1. The summed E-state index contributed by atoms with van der Waals surface area (Å²) in [6, 6.07) is 19.3.